The van der Waals surface area contributed by atoms with E-state index in [9.17, 15) is 9.18 Å². The van der Waals surface area contributed by atoms with Crippen molar-refractivity contribution in [1.29, 1.82) is 0 Å². The molecular weight excluding hydrogens is 327 g/mol. The van der Waals surface area contributed by atoms with E-state index in [4.69, 9.17) is 9.84 Å². The number of rotatable bonds is 4. The second kappa shape index (κ2) is 6.34. The molecule has 0 heterocycles. The van der Waals surface area contributed by atoms with Crippen LogP contribution < -0.4 is 4.74 Å². The number of carbonyl (C=O) groups is 1. The molecule has 0 aliphatic rings. The van der Waals surface area contributed by atoms with Gasteiger partial charge in [0.05, 0.1) is 4.47 Å². The number of benzene rings is 2. The topological polar surface area (TPSA) is 46.5 Å². The highest BCUT2D eigenvalue weighted by Gasteiger charge is 2.05. The Bertz CT molecular complexity index is 668. The molecule has 0 aliphatic heterocycles. The van der Waals surface area contributed by atoms with Gasteiger partial charge in [0.15, 0.2) is 0 Å². The van der Waals surface area contributed by atoms with Gasteiger partial charge in [-0.1, -0.05) is 18.2 Å². The van der Waals surface area contributed by atoms with Gasteiger partial charge in [-0.3, -0.25) is 0 Å². The van der Waals surface area contributed by atoms with E-state index in [1.54, 1.807) is 24.3 Å². The van der Waals surface area contributed by atoms with Crippen LogP contribution in [0.15, 0.2) is 53.0 Å². The first-order chi connectivity index (χ1) is 9.56. The van der Waals surface area contributed by atoms with Crippen LogP contribution in [0.1, 0.15) is 5.56 Å². The van der Waals surface area contributed by atoms with E-state index in [-0.39, 0.29) is 5.82 Å². The molecule has 0 aliphatic carbocycles. The summed E-state index contributed by atoms with van der Waals surface area (Å²) >= 11 is 3.08. The molecule has 20 heavy (non-hydrogen) atoms. The van der Waals surface area contributed by atoms with Crippen LogP contribution in [0.5, 0.6) is 11.5 Å². The van der Waals surface area contributed by atoms with Gasteiger partial charge >= 0.3 is 5.97 Å². The maximum absolute atomic E-state index is 13.1. The molecule has 0 radical (unpaired) electrons. The fraction of sp³-hybridized carbons (Fsp3) is 0. The number of aliphatic carboxylic acids is 1. The average molecular weight is 337 g/mol. The summed E-state index contributed by atoms with van der Waals surface area (Å²) in [4.78, 5) is 10.5. The zero-order valence-electron chi connectivity index (χ0n) is 10.2. The third kappa shape index (κ3) is 3.68. The second-order valence-corrected chi connectivity index (χ2v) is 4.74. The summed E-state index contributed by atoms with van der Waals surface area (Å²) in [7, 11) is 0. The minimum atomic E-state index is -1.04. The van der Waals surface area contributed by atoms with Gasteiger partial charge in [0.1, 0.15) is 17.3 Å². The lowest BCUT2D eigenvalue weighted by Gasteiger charge is -2.09. The minimum absolute atomic E-state index is 0.300. The fourth-order valence-electron chi connectivity index (χ4n) is 1.54. The number of ether oxygens (including phenoxy) is 1. The number of carboxylic acids is 1. The summed E-state index contributed by atoms with van der Waals surface area (Å²) in [6.07, 6.45) is 2.47. The SMILES string of the molecule is O=C(O)/C=C/c1ccccc1Oc1ccc(F)c(Br)c1. The van der Waals surface area contributed by atoms with Crippen LogP contribution >= 0.6 is 15.9 Å². The van der Waals surface area contributed by atoms with Crippen molar-refractivity contribution in [1.82, 2.24) is 0 Å². The van der Waals surface area contributed by atoms with Crippen LogP contribution in [-0.2, 0) is 4.79 Å². The second-order valence-electron chi connectivity index (χ2n) is 3.89. The maximum atomic E-state index is 13.1. The molecule has 0 bridgehead atoms. The summed E-state index contributed by atoms with van der Waals surface area (Å²) < 4.78 is 19.1. The van der Waals surface area contributed by atoms with Gasteiger partial charge in [0.2, 0.25) is 0 Å². The summed E-state index contributed by atoms with van der Waals surface area (Å²) in [5, 5.41) is 8.65. The maximum Gasteiger partial charge on any atom is 0.328 e. The van der Waals surface area contributed by atoms with Gasteiger partial charge in [-0.2, -0.15) is 0 Å². The smallest absolute Gasteiger partial charge is 0.328 e. The Balaban J connectivity index is 2.29. The van der Waals surface area contributed by atoms with Crippen LogP contribution in [0, 0.1) is 5.82 Å². The number of hydrogen-bond donors (Lipinski definition) is 1. The summed E-state index contributed by atoms with van der Waals surface area (Å²) in [5.74, 6) is -0.473. The van der Waals surface area contributed by atoms with E-state index in [1.165, 1.54) is 24.3 Å². The van der Waals surface area contributed by atoms with Gasteiger partial charge in [-0.05, 0) is 46.3 Å². The summed E-state index contributed by atoms with van der Waals surface area (Å²) in [5.41, 5.74) is 0.621. The molecule has 0 spiro atoms. The Morgan fingerprint density at radius 2 is 2.00 bits per heavy atom. The lowest BCUT2D eigenvalue weighted by molar-refractivity contribution is -0.131. The predicted molar refractivity (Wildman–Crippen MR) is 77.3 cm³/mol. The predicted octanol–water partition coefficient (Wildman–Crippen LogP) is 4.48. The van der Waals surface area contributed by atoms with Crippen molar-refractivity contribution in [3.05, 3.63) is 64.4 Å². The summed E-state index contributed by atoms with van der Waals surface area (Å²) in [6, 6.07) is 11.3. The third-order valence-electron chi connectivity index (χ3n) is 2.44. The first-order valence-electron chi connectivity index (χ1n) is 5.69. The van der Waals surface area contributed by atoms with Crippen molar-refractivity contribution in [2.45, 2.75) is 0 Å². The average Bonchev–Trinajstić information content (AvgIpc) is 2.42. The molecule has 0 saturated carbocycles. The lowest BCUT2D eigenvalue weighted by atomic mass is 10.2. The molecule has 0 unspecified atom stereocenters. The van der Waals surface area contributed by atoms with Crippen molar-refractivity contribution < 1.29 is 19.0 Å². The Kier molecular flexibility index (Phi) is 4.53. The monoisotopic (exact) mass is 336 g/mol. The minimum Gasteiger partial charge on any atom is -0.478 e. The van der Waals surface area contributed by atoms with E-state index in [1.807, 2.05) is 0 Å². The molecule has 2 rings (SSSR count). The Morgan fingerprint density at radius 1 is 1.25 bits per heavy atom. The zero-order chi connectivity index (χ0) is 14.5. The van der Waals surface area contributed by atoms with E-state index in [2.05, 4.69) is 15.9 Å². The van der Waals surface area contributed by atoms with E-state index in [0.29, 0.717) is 21.5 Å². The van der Waals surface area contributed by atoms with Crippen molar-refractivity contribution in [3.8, 4) is 11.5 Å². The van der Waals surface area contributed by atoms with Gasteiger partial charge in [-0.25, -0.2) is 9.18 Å². The Morgan fingerprint density at radius 3 is 2.70 bits per heavy atom. The van der Waals surface area contributed by atoms with Crippen LogP contribution in [-0.4, -0.2) is 11.1 Å². The molecule has 0 amide bonds. The van der Waals surface area contributed by atoms with Crippen molar-refractivity contribution >= 4 is 28.0 Å². The van der Waals surface area contributed by atoms with Crippen molar-refractivity contribution in [3.63, 3.8) is 0 Å². The molecule has 102 valence electrons. The fourth-order valence-corrected chi connectivity index (χ4v) is 1.90. The van der Waals surface area contributed by atoms with Crippen LogP contribution in [0.2, 0.25) is 0 Å². The Hall–Kier alpha value is -2.14. The highest BCUT2D eigenvalue weighted by molar-refractivity contribution is 9.10. The van der Waals surface area contributed by atoms with Crippen molar-refractivity contribution in [2.75, 3.05) is 0 Å². The number of halogens is 2. The van der Waals surface area contributed by atoms with E-state index >= 15 is 0 Å². The van der Waals surface area contributed by atoms with E-state index < -0.39 is 5.97 Å². The molecule has 5 heteroatoms. The molecular formula is C15H10BrFO3. The number of hydrogen-bond acceptors (Lipinski definition) is 2. The Labute approximate surface area is 123 Å². The van der Waals surface area contributed by atoms with Crippen LogP contribution in [0.25, 0.3) is 6.08 Å². The van der Waals surface area contributed by atoms with Crippen LogP contribution in [0.3, 0.4) is 0 Å². The van der Waals surface area contributed by atoms with Crippen LogP contribution in [0.4, 0.5) is 4.39 Å². The van der Waals surface area contributed by atoms with Gasteiger partial charge < -0.3 is 9.84 Å². The first-order valence-corrected chi connectivity index (χ1v) is 6.48. The number of para-hydroxylation sites is 1. The van der Waals surface area contributed by atoms with Gasteiger partial charge in [0.25, 0.3) is 0 Å². The molecule has 0 atom stereocenters. The summed E-state index contributed by atoms with van der Waals surface area (Å²) in [6.45, 7) is 0. The van der Waals surface area contributed by atoms with Crippen molar-refractivity contribution in [2.24, 2.45) is 0 Å². The normalized spacial score (nSPS) is 10.7. The highest BCUT2D eigenvalue weighted by Crippen LogP contribution is 2.29. The largest absolute Gasteiger partial charge is 0.478 e. The molecule has 2 aromatic carbocycles. The molecule has 0 aromatic heterocycles. The standard InChI is InChI=1S/C15H10BrFO3/c16-12-9-11(6-7-13(12)17)20-14-4-2-1-3-10(14)5-8-15(18)19/h1-9H,(H,18,19)/b8-5+. The third-order valence-corrected chi connectivity index (χ3v) is 3.05. The quantitative estimate of drug-likeness (QED) is 0.837. The van der Waals surface area contributed by atoms with Gasteiger partial charge in [-0.15, -0.1) is 0 Å². The first kappa shape index (κ1) is 14.3. The highest BCUT2D eigenvalue weighted by atomic mass is 79.9. The van der Waals surface area contributed by atoms with E-state index in [0.717, 1.165) is 6.08 Å². The zero-order valence-corrected chi connectivity index (χ0v) is 11.8. The lowest BCUT2D eigenvalue weighted by Crippen LogP contribution is -1.90. The molecule has 2 aromatic rings. The molecule has 0 saturated heterocycles. The number of carboxylic acid groups (broad SMARTS) is 1. The molecule has 1 N–H and O–H groups in total. The molecule has 0 fully saturated rings. The molecule has 3 nitrogen and oxygen atoms in total. The van der Waals surface area contributed by atoms with Gasteiger partial charge in [0, 0.05) is 11.6 Å².